The minimum absolute atomic E-state index is 0.299. The first-order valence-electron chi connectivity index (χ1n) is 11.4. The van der Waals surface area contributed by atoms with Gasteiger partial charge in [0, 0.05) is 37.8 Å². The number of ether oxygens (including phenoxy) is 3. The number of rotatable bonds is 3. The second-order valence-corrected chi connectivity index (χ2v) is 9.06. The molecule has 2 heterocycles. The highest BCUT2D eigenvalue weighted by atomic mass is 19.4. The Bertz CT molecular complexity index is 1040. The van der Waals surface area contributed by atoms with Crippen LogP contribution in [0.25, 0.3) is 0 Å². The van der Waals surface area contributed by atoms with Crippen molar-refractivity contribution in [2.45, 2.75) is 62.3 Å². The molecule has 5 rings (SSSR count). The highest BCUT2D eigenvalue weighted by molar-refractivity contribution is 5.99. The van der Waals surface area contributed by atoms with Crippen LogP contribution in [-0.2, 0) is 21.1 Å². The Balaban J connectivity index is 1.40. The van der Waals surface area contributed by atoms with Gasteiger partial charge < -0.3 is 19.5 Å². The van der Waals surface area contributed by atoms with Crippen molar-refractivity contribution >= 4 is 11.6 Å². The summed E-state index contributed by atoms with van der Waals surface area (Å²) in [5, 5.41) is 2.92. The molecule has 1 aliphatic carbocycles. The van der Waals surface area contributed by atoms with Crippen LogP contribution in [0.4, 0.5) is 18.9 Å². The van der Waals surface area contributed by atoms with Gasteiger partial charge in [0.1, 0.15) is 0 Å². The Kier molecular flexibility index (Phi) is 5.51. The number of alkyl halides is 3. The Morgan fingerprint density at radius 3 is 2.33 bits per heavy atom. The van der Waals surface area contributed by atoms with Crippen molar-refractivity contribution in [1.29, 1.82) is 0 Å². The van der Waals surface area contributed by atoms with E-state index in [0.717, 1.165) is 44.2 Å². The summed E-state index contributed by atoms with van der Waals surface area (Å²) in [5.41, 5.74) is -1.01. The van der Waals surface area contributed by atoms with Crippen molar-refractivity contribution in [3.8, 4) is 11.5 Å². The normalized spacial score (nSPS) is 21.1. The van der Waals surface area contributed by atoms with Gasteiger partial charge in [0.15, 0.2) is 11.5 Å². The molecule has 1 spiro atoms. The molecule has 0 aromatic heterocycles. The largest absolute Gasteiger partial charge is 0.448 e. The van der Waals surface area contributed by atoms with E-state index in [-0.39, 0.29) is 5.91 Å². The predicted molar refractivity (Wildman–Crippen MR) is 115 cm³/mol. The molecule has 1 amide bonds. The molecule has 2 aliphatic heterocycles. The van der Waals surface area contributed by atoms with Crippen LogP contribution >= 0.6 is 0 Å². The van der Waals surface area contributed by atoms with E-state index in [4.69, 9.17) is 14.2 Å². The Morgan fingerprint density at radius 2 is 1.61 bits per heavy atom. The summed E-state index contributed by atoms with van der Waals surface area (Å²) in [7, 11) is 0. The molecule has 5 nitrogen and oxygen atoms in total. The zero-order valence-electron chi connectivity index (χ0n) is 18.2. The van der Waals surface area contributed by atoms with E-state index in [9.17, 15) is 18.0 Å². The number of halogens is 3. The Labute approximate surface area is 190 Å². The van der Waals surface area contributed by atoms with E-state index in [1.165, 1.54) is 6.07 Å². The first-order chi connectivity index (χ1) is 15.8. The molecule has 1 N–H and O–H groups in total. The Hall–Kier alpha value is -2.74. The fourth-order valence-electron chi connectivity index (χ4n) is 5.08. The van der Waals surface area contributed by atoms with Crippen LogP contribution in [0.3, 0.4) is 0 Å². The molecule has 0 unspecified atom stereocenters. The third-order valence-electron chi connectivity index (χ3n) is 6.93. The molecular weight excluding hydrogens is 435 g/mol. The minimum Gasteiger partial charge on any atom is -0.448 e. The third-order valence-corrected chi connectivity index (χ3v) is 6.93. The fourth-order valence-corrected chi connectivity index (χ4v) is 5.08. The summed E-state index contributed by atoms with van der Waals surface area (Å²) in [6.45, 7) is 0.598. The SMILES string of the molecule is O=C(Nc1ccc2c(c1)OC1(CCCCC1)O2)C1(c2cccc(C(F)(F)F)c2)CCOCC1. The number of carbonyl (C=O) groups excluding carboxylic acids is 1. The summed E-state index contributed by atoms with van der Waals surface area (Å²) in [5.74, 6) is 0.253. The van der Waals surface area contributed by atoms with Crippen molar-refractivity contribution in [2.75, 3.05) is 18.5 Å². The second-order valence-electron chi connectivity index (χ2n) is 9.06. The zero-order chi connectivity index (χ0) is 23.1. The number of carbonyl (C=O) groups is 1. The van der Waals surface area contributed by atoms with Crippen LogP contribution in [-0.4, -0.2) is 24.9 Å². The van der Waals surface area contributed by atoms with Gasteiger partial charge in [-0.15, -0.1) is 0 Å². The van der Waals surface area contributed by atoms with E-state index in [1.54, 1.807) is 24.3 Å². The molecular formula is C25H26F3NO4. The van der Waals surface area contributed by atoms with Gasteiger partial charge in [0.2, 0.25) is 5.91 Å². The Morgan fingerprint density at radius 1 is 0.879 bits per heavy atom. The third kappa shape index (κ3) is 4.16. The van der Waals surface area contributed by atoms with Crippen LogP contribution in [0, 0.1) is 0 Å². The molecule has 33 heavy (non-hydrogen) atoms. The van der Waals surface area contributed by atoms with Gasteiger partial charge in [-0.25, -0.2) is 0 Å². The quantitative estimate of drug-likeness (QED) is 0.626. The van der Waals surface area contributed by atoms with E-state index in [2.05, 4.69) is 5.32 Å². The monoisotopic (exact) mass is 461 g/mol. The highest BCUT2D eigenvalue weighted by Gasteiger charge is 2.44. The number of anilines is 1. The molecule has 2 aromatic carbocycles. The molecule has 1 saturated heterocycles. The van der Waals surface area contributed by atoms with Gasteiger partial charge in [-0.3, -0.25) is 4.79 Å². The number of hydrogen-bond donors (Lipinski definition) is 1. The van der Waals surface area contributed by atoms with E-state index in [0.29, 0.717) is 48.8 Å². The molecule has 8 heteroatoms. The number of hydrogen-bond acceptors (Lipinski definition) is 4. The lowest BCUT2D eigenvalue weighted by Crippen LogP contribution is -2.45. The highest BCUT2D eigenvalue weighted by Crippen LogP contribution is 2.47. The van der Waals surface area contributed by atoms with Crippen molar-refractivity contribution in [2.24, 2.45) is 0 Å². The molecule has 0 bridgehead atoms. The van der Waals surface area contributed by atoms with Crippen molar-refractivity contribution in [3.05, 3.63) is 53.6 Å². The number of nitrogens with one attached hydrogen (secondary N) is 1. The maximum atomic E-state index is 13.5. The standard InChI is InChI=1S/C25H26F3NO4/c26-25(27,28)18-6-4-5-17(15-18)23(11-13-31-14-12-23)22(30)29-19-7-8-20-21(16-19)33-24(32-20)9-2-1-3-10-24/h4-8,15-16H,1-3,9-14H2,(H,29,30). The second kappa shape index (κ2) is 8.24. The first kappa shape index (κ1) is 22.1. The molecule has 2 aromatic rings. The van der Waals surface area contributed by atoms with Gasteiger partial charge in [-0.2, -0.15) is 13.2 Å². The summed E-state index contributed by atoms with van der Waals surface area (Å²) >= 11 is 0. The zero-order valence-corrected chi connectivity index (χ0v) is 18.2. The van der Waals surface area contributed by atoms with E-state index >= 15 is 0 Å². The average Bonchev–Trinajstić information content (AvgIpc) is 3.16. The maximum absolute atomic E-state index is 13.5. The fraction of sp³-hybridized carbons (Fsp3) is 0.480. The van der Waals surface area contributed by atoms with Crippen molar-refractivity contribution in [1.82, 2.24) is 0 Å². The minimum atomic E-state index is -4.48. The van der Waals surface area contributed by atoms with Gasteiger partial charge >= 0.3 is 6.18 Å². The van der Waals surface area contributed by atoms with Crippen LogP contribution in [0.1, 0.15) is 56.1 Å². The molecule has 1 saturated carbocycles. The molecule has 176 valence electrons. The number of amides is 1. The van der Waals surface area contributed by atoms with Crippen molar-refractivity contribution in [3.63, 3.8) is 0 Å². The van der Waals surface area contributed by atoms with Gasteiger partial charge in [0.05, 0.1) is 11.0 Å². The van der Waals surface area contributed by atoms with Crippen LogP contribution in [0.15, 0.2) is 42.5 Å². The average molecular weight is 461 g/mol. The smallest absolute Gasteiger partial charge is 0.416 e. The molecule has 0 atom stereocenters. The van der Waals surface area contributed by atoms with Gasteiger partial charge in [-0.05, 0) is 49.4 Å². The maximum Gasteiger partial charge on any atom is 0.416 e. The van der Waals surface area contributed by atoms with Crippen LogP contribution in [0.2, 0.25) is 0 Å². The number of fused-ring (bicyclic) bond motifs is 1. The van der Waals surface area contributed by atoms with Gasteiger partial charge in [0.25, 0.3) is 5.79 Å². The van der Waals surface area contributed by atoms with E-state index < -0.39 is 22.9 Å². The lowest BCUT2D eigenvalue weighted by Gasteiger charge is -2.36. The molecule has 2 fully saturated rings. The first-order valence-corrected chi connectivity index (χ1v) is 11.4. The number of benzene rings is 2. The molecule has 0 radical (unpaired) electrons. The predicted octanol–water partition coefficient (Wildman–Crippen LogP) is 5.82. The van der Waals surface area contributed by atoms with E-state index in [1.807, 2.05) is 0 Å². The van der Waals surface area contributed by atoms with Crippen molar-refractivity contribution < 1.29 is 32.2 Å². The summed E-state index contributed by atoms with van der Waals surface area (Å²) < 4.78 is 57.7. The molecule has 3 aliphatic rings. The van der Waals surface area contributed by atoms with Crippen LogP contribution in [0.5, 0.6) is 11.5 Å². The lowest BCUT2D eigenvalue weighted by molar-refractivity contribution is -0.138. The summed E-state index contributed by atoms with van der Waals surface area (Å²) in [4.78, 5) is 13.5. The van der Waals surface area contributed by atoms with Crippen LogP contribution < -0.4 is 14.8 Å². The lowest BCUT2D eigenvalue weighted by atomic mass is 9.73. The summed E-state index contributed by atoms with van der Waals surface area (Å²) in [6, 6.07) is 10.3. The summed E-state index contributed by atoms with van der Waals surface area (Å²) in [6.07, 6.45) is 1.00. The van der Waals surface area contributed by atoms with Gasteiger partial charge in [-0.1, -0.05) is 24.6 Å². The topological polar surface area (TPSA) is 56.8 Å².